The SMILES string of the molecule is CC.CCC(C=O)c1cc2n(c(=O)c1COC)Cc1c-2nc2cc(F)c(C)c3c2c1C(NC)CC3.NC=O.O=CC(OCNC(=O)CNC(=O)C(CP)NC(=O)CCNC(=O)C(CNCC(=O)O)N1C(=O)C=CC1=O)C(F)(F)F. The number of carboxylic acids is 1. The van der Waals surface area contributed by atoms with E-state index < -0.39 is 97.8 Å². The minimum atomic E-state index is -4.96. The van der Waals surface area contributed by atoms with Crippen molar-refractivity contribution in [2.75, 3.05) is 53.2 Å². The molecule has 0 saturated carbocycles. The fourth-order valence-electron chi connectivity index (χ4n) is 8.69. The van der Waals surface area contributed by atoms with Gasteiger partial charge in [0.15, 0.2) is 6.29 Å². The number of nitrogens with one attached hydrogen (secondary N) is 6. The van der Waals surface area contributed by atoms with Gasteiger partial charge < -0.3 is 66.4 Å². The van der Waals surface area contributed by atoms with Crippen LogP contribution < -0.4 is 43.2 Å². The van der Waals surface area contributed by atoms with Gasteiger partial charge >= 0.3 is 12.1 Å². The van der Waals surface area contributed by atoms with Crippen LogP contribution in [0.1, 0.15) is 85.4 Å². The fourth-order valence-corrected chi connectivity index (χ4v) is 9.02. The van der Waals surface area contributed by atoms with E-state index in [1.54, 1.807) is 11.7 Å². The molecule has 6 rings (SSSR count). The summed E-state index contributed by atoms with van der Waals surface area (Å²) in [6, 6.07) is 0.960. The summed E-state index contributed by atoms with van der Waals surface area (Å²) in [4.78, 5) is 133. The number of aryl methyl sites for hydroxylation is 1. The van der Waals surface area contributed by atoms with Crippen LogP contribution in [0, 0.1) is 12.7 Å². The number of alkyl halides is 3. The average Bonchev–Trinajstić information content (AvgIpc) is 4.22. The van der Waals surface area contributed by atoms with E-state index in [0.717, 1.165) is 53.4 Å². The number of fused-ring (bicyclic) bond motifs is 4. The lowest BCUT2D eigenvalue weighted by atomic mass is 9.82. The number of aldehydes is 2. The fraction of sp³-hybridized carbons (Fsp3) is 0.480. The second kappa shape index (κ2) is 31.3. The molecule has 0 fully saturated rings. The quantitative estimate of drug-likeness (QED) is 0.0153. The first-order valence-corrected chi connectivity index (χ1v) is 25.5. The van der Waals surface area contributed by atoms with Crippen molar-refractivity contribution in [3.05, 3.63) is 73.8 Å². The van der Waals surface area contributed by atoms with Crippen LogP contribution in [0.5, 0.6) is 0 Å². The lowest BCUT2D eigenvalue weighted by molar-refractivity contribution is -0.213. The van der Waals surface area contributed by atoms with E-state index in [2.05, 4.69) is 46.3 Å². The van der Waals surface area contributed by atoms with Crippen molar-refractivity contribution < 1.29 is 80.1 Å². The van der Waals surface area contributed by atoms with Gasteiger partial charge in [-0.25, -0.2) is 9.37 Å². The number of primary amides is 1. The lowest BCUT2D eigenvalue weighted by Crippen LogP contribution is -2.55. The number of pyridine rings is 2. The summed E-state index contributed by atoms with van der Waals surface area (Å²) < 4.78 is 63.3. The van der Waals surface area contributed by atoms with Gasteiger partial charge in [-0.1, -0.05) is 20.8 Å². The molecule has 7 amide bonds. The summed E-state index contributed by atoms with van der Waals surface area (Å²) in [5.41, 5.74) is 11.0. The number of halogens is 4. The minimum Gasteiger partial charge on any atom is -0.480 e. The highest BCUT2D eigenvalue weighted by molar-refractivity contribution is 7.16. The van der Waals surface area contributed by atoms with E-state index in [4.69, 9.17) is 19.6 Å². The van der Waals surface area contributed by atoms with Gasteiger partial charge in [0.2, 0.25) is 36.1 Å². The van der Waals surface area contributed by atoms with Crippen LogP contribution >= 0.6 is 9.24 Å². The van der Waals surface area contributed by atoms with Crippen molar-refractivity contribution in [2.45, 2.75) is 103 Å². The number of nitrogens with zero attached hydrogens (tertiary/aromatic N) is 3. The van der Waals surface area contributed by atoms with Crippen molar-refractivity contribution >= 4 is 80.5 Å². The van der Waals surface area contributed by atoms with Gasteiger partial charge in [0.25, 0.3) is 17.4 Å². The Kier molecular flexibility index (Phi) is 26.1. The number of carbonyl (C=O) groups excluding carboxylic acids is 9. The van der Waals surface area contributed by atoms with Gasteiger partial charge in [0.1, 0.15) is 30.9 Å². The van der Waals surface area contributed by atoms with E-state index in [0.29, 0.717) is 51.5 Å². The predicted molar refractivity (Wildman–Crippen MR) is 279 cm³/mol. The lowest BCUT2D eigenvalue weighted by Gasteiger charge is -2.28. The molecule has 1 aromatic carbocycles. The van der Waals surface area contributed by atoms with Crippen molar-refractivity contribution in [1.82, 2.24) is 46.4 Å². The smallest absolute Gasteiger partial charge is 0.421 e. The number of hydrogen-bond donors (Lipinski definition) is 8. The average molecular weight is 1140 g/mol. The van der Waals surface area contributed by atoms with Gasteiger partial charge in [-0.15, -0.1) is 9.24 Å². The Morgan fingerprint density at radius 3 is 2.19 bits per heavy atom. The number of rotatable bonds is 24. The Hall–Kier alpha value is -7.39. The maximum absolute atomic E-state index is 14.8. The molecule has 2 aliphatic heterocycles. The first kappa shape index (κ1) is 65.9. The highest BCUT2D eigenvalue weighted by Crippen LogP contribution is 2.45. The molecule has 1 aliphatic carbocycles. The Morgan fingerprint density at radius 1 is 0.975 bits per heavy atom. The molecule has 0 bridgehead atoms. The van der Waals surface area contributed by atoms with Crippen molar-refractivity contribution in [3.8, 4) is 11.4 Å². The first-order valence-electron chi connectivity index (χ1n) is 24.7. The van der Waals surface area contributed by atoms with Crippen LogP contribution in [0.4, 0.5) is 17.6 Å². The van der Waals surface area contributed by atoms with Crippen LogP contribution in [0.25, 0.3) is 22.3 Å². The second-order valence-corrected chi connectivity index (χ2v) is 17.7. The standard InChI is InChI=1S/C26H28FN3O3.C21H28F3N6O10P.C2H6.CH3NO/c1-5-14(11-31)16-8-22-25-17(10-30(22)26(32)18(16)12-33-4)24-20(28-3)7-6-15-13(2)19(27)9-21(29-25)23(15)24;22-21(23,24)13(8-31)40-10-28-15(33)6-27-19(38)11(9-41)29-14(32)3-4-26-20(39)12(5-25-7-18(36)37)30-16(34)1-2-17(30)35;1-2;2-1-3/h8-9,11,14,20,28H,5-7,10,12H2,1-4H3;1-2,8,11-13,25H,3-7,9-10,41H2,(H,26,39)(H,27,38)(H,28,33)(H,29,32)(H,36,37);1-2H3;1H,(H2,2,3). The molecule has 29 heteroatoms. The zero-order valence-electron chi connectivity index (χ0n) is 44.2. The van der Waals surface area contributed by atoms with Gasteiger partial charge in [0.05, 0.1) is 43.1 Å². The minimum absolute atomic E-state index is 0.00916. The number of carboxylic acid groups (broad SMARTS) is 1. The summed E-state index contributed by atoms with van der Waals surface area (Å²) in [6.45, 7) is 5.43. The van der Waals surface area contributed by atoms with Crippen LogP contribution in [0.3, 0.4) is 0 Å². The topological polar surface area (TPSA) is 346 Å². The van der Waals surface area contributed by atoms with E-state index in [9.17, 15) is 65.5 Å². The van der Waals surface area contributed by atoms with Crippen molar-refractivity contribution in [2.24, 2.45) is 5.73 Å². The normalized spacial score (nSPS) is 15.2. The molecule has 79 heavy (non-hydrogen) atoms. The zero-order chi connectivity index (χ0) is 59.3. The molecule has 0 spiro atoms. The molecule has 6 unspecified atom stereocenters. The number of benzene rings is 1. The van der Waals surface area contributed by atoms with Gasteiger partial charge in [0, 0.05) is 73.3 Å². The third-order valence-electron chi connectivity index (χ3n) is 12.4. The second-order valence-electron chi connectivity index (χ2n) is 17.2. The number of methoxy groups -OCH3 is 1. The third kappa shape index (κ3) is 16.8. The van der Waals surface area contributed by atoms with Gasteiger partial charge in [-0.05, 0) is 67.7 Å². The highest BCUT2D eigenvalue weighted by Gasteiger charge is 2.41. The Balaban J connectivity index is 0.000000389. The van der Waals surface area contributed by atoms with Gasteiger partial charge in [-0.2, -0.15) is 13.2 Å². The summed E-state index contributed by atoms with van der Waals surface area (Å²) in [5.74, 6) is -6.80. The molecule has 2 aromatic heterocycles. The molecule has 3 aromatic rings. The van der Waals surface area contributed by atoms with Crippen LogP contribution in [0.15, 0.2) is 29.1 Å². The van der Waals surface area contributed by atoms with E-state index in [1.807, 2.05) is 46.1 Å². The number of imide groups is 1. The molecule has 3 aliphatic rings. The number of carbonyl (C=O) groups is 10. The Bertz CT molecular complexity index is 2830. The summed E-state index contributed by atoms with van der Waals surface area (Å²) in [7, 11) is 5.67. The zero-order valence-corrected chi connectivity index (χ0v) is 45.3. The van der Waals surface area contributed by atoms with Crippen LogP contribution in [-0.4, -0.2) is 158 Å². The summed E-state index contributed by atoms with van der Waals surface area (Å²) in [6.07, 6.45) is -3.31. The summed E-state index contributed by atoms with van der Waals surface area (Å²) >= 11 is 0. The maximum Gasteiger partial charge on any atom is 0.421 e. The third-order valence-corrected chi connectivity index (χ3v) is 12.9. The molecule has 0 saturated heterocycles. The van der Waals surface area contributed by atoms with Crippen molar-refractivity contribution in [3.63, 3.8) is 0 Å². The van der Waals surface area contributed by atoms with E-state index in [-0.39, 0.29) is 56.1 Å². The number of hydrogen-bond acceptors (Lipinski definition) is 16. The largest absolute Gasteiger partial charge is 0.480 e. The number of amides is 7. The summed E-state index contributed by atoms with van der Waals surface area (Å²) in [5, 5.41) is 24.4. The number of ether oxygens (including phenoxy) is 2. The molecule has 9 N–H and O–H groups in total. The number of nitrogens with two attached hydrogens (primary N) is 1. The van der Waals surface area contributed by atoms with Crippen molar-refractivity contribution in [1.29, 1.82) is 0 Å². The van der Waals surface area contributed by atoms with E-state index in [1.165, 1.54) is 6.07 Å². The predicted octanol–water partition coefficient (Wildman–Crippen LogP) is 0.203. The van der Waals surface area contributed by atoms with Gasteiger partial charge in [-0.3, -0.25) is 48.1 Å². The first-order chi connectivity index (χ1) is 37.6. The molecule has 4 heterocycles. The molecule has 432 valence electrons. The Morgan fingerprint density at radius 2 is 1.63 bits per heavy atom. The maximum atomic E-state index is 14.8. The Labute approximate surface area is 452 Å². The molecule has 6 atom stereocenters. The van der Waals surface area contributed by atoms with E-state index >= 15 is 0 Å². The molecule has 0 radical (unpaired) electrons. The number of aliphatic carboxylic acids is 1. The number of aromatic nitrogens is 2. The molecule has 24 nitrogen and oxygen atoms in total. The van der Waals surface area contributed by atoms with Crippen LogP contribution in [0.2, 0.25) is 0 Å². The highest BCUT2D eigenvalue weighted by atomic mass is 31.0. The molecular formula is C50H65F4N10O14P. The molecular weight excluding hydrogens is 1070 g/mol. The van der Waals surface area contributed by atoms with Crippen LogP contribution in [-0.2, 0) is 77.0 Å². The monoisotopic (exact) mass is 1140 g/mol.